The summed E-state index contributed by atoms with van der Waals surface area (Å²) >= 11 is 0. The van der Waals surface area contributed by atoms with Crippen LogP contribution in [0.3, 0.4) is 0 Å². The van der Waals surface area contributed by atoms with E-state index in [0.717, 1.165) is 5.75 Å². The summed E-state index contributed by atoms with van der Waals surface area (Å²) in [5, 5.41) is 3.18. The van der Waals surface area contributed by atoms with Crippen molar-refractivity contribution in [2.24, 2.45) is 0 Å². The number of hydrogen-bond donors (Lipinski definition) is 1. The van der Waals surface area contributed by atoms with Crippen molar-refractivity contribution in [3.8, 4) is 5.75 Å². The van der Waals surface area contributed by atoms with E-state index < -0.39 is 0 Å². The number of methoxy groups -OCH3 is 1. The van der Waals surface area contributed by atoms with Crippen LogP contribution in [0.2, 0.25) is 0 Å². The minimum absolute atomic E-state index is 0.293. The van der Waals surface area contributed by atoms with Gasteiger partial charge in [-0.05, 0) is 31.7 Å². The maximum absolute atomic E-state index is 5.28. The number of hydrogen-bond acceptors (Lipinski definition) is 3. The SMILES string of the molecule is CNC(C)c1ccc(OCOC)cc1. The molecule has 0 aromatic heterocycles. The van der Waals surface area contributed by atoms with E-state index in [1.807, 2.05) is 31.3 Å². The normalized spacial score (nSPS) is 12.5. The molecule has 0 saturated heterocycles. The second-order valence-electron chi connectivity index (χ2n) is 3.13. The van der Waals surface area contributed by atoms with E-state index >= 15 is 0 Å². The van der Waals surface area contributed by atoms with Crippen LogP contribution in [0.1, 0.15) is 18.5 Å². The van der Waals surface area contributed by atoms with Gasteiger partial charge < -0.3 is 14.8 Å². The first-order valence-electron chi connectivity index (χ1n) is 4.67. The zero-order valence-electron chi connectivity index (χ0n) is 8.91. The first-order chi connectivity index (χ1) is 6.77. The van der Waals surface area contributed by atoms with Crippen molar-refractivity contribution in [2.45, 2.75) is 13.0 Å². The predicted octanol–water partition coefficient (Wildman–Crippen LogP) is 1.95. The van der Waals surface area contributed by atoms with E-state index in [0.29, 0.717) is 12.8 Å². The lowest BCUT2D eigenvalue weighted by molar-refractivity contribution is 0.0511. The van der Waals surface area contributed by atoms with Crippen LogP contribution in [0.15, 0.2) is 24.3 Å². The highest BCUT2D eigenvalue weighted by molar-refractivity contribution is 5.28. The summed E-state index contributed by atoms with van der Waals surface area (Å²) < 4.78 is 10.1. The Balaban J connectivity index is 2.59. The van der Waals surface area contributed by atoms with Gasteiger partial charge in [-0.15, -0.1) is 0 Å². The van der Waals surface area contributed by atoms with Gasteiger partial charge in [0.25, 0.3) is 0 Å². The summed E-state index contributed by atoms with van der Waals surface area (Å²) in [4.78, 5) is 0. The molecule has 0 saturated carbocycles. The summed E-state index contributed by atoms with van der Waals surface area (Å²) in [6.07, 6.45) is 0. The molecule has 1 rings (SSSR count). The molecule has 0 bridgehead atoms. The third-order valence-corrected chi connectivity index (χ3v) is 2.16. The molecule has 0 aliphatic carbocycles. The van der Waals surface area contributed by atoms with Crippen molar-refractivity contribution in [2.75, 3.05) is 21.0 Å². The largest absolute Gasteiger partial charge is 0.468 e. The Bertz CT molecular complexity index is 258. The van der Waals surface area contributed by atoms with Crippen LogP contribution in [-0.2, 0) is 4.74 Å². The van der Waals surface area contributed by atoms with Gasteiger partial charge in [0.15, 0.2) is 6.79 Å². The fourth-order valence-corrected chi connectivity index (χ4v) is 1.15. The van der Waals surface area contributed by atoms with Crippen LogP contribution in [-0.4, -0.2) is 21.0 Å². The lowest BCUT2D eigenvalue weighted by Gasteiger charge is -2.11. The summed E-state index contributed by atoms with van der Waals surface area (Å²) in [5.74, 6) is 0.832. The quantitative estimate of drug-likeness (QED) is 0.728. The highest BCUT2D eigenvalue weighted by Crippen LogP contribution is 2.16. The molecule has 1 aromatic carbocycles. The molecule has 0 amide bonds. The van der Waals surface area contributed by atoms with Crippen molar-refractivity contribution in [1.82, 2.24) is 5.32 Å². The van der Waals surface area contributed by atoms with Crippen LogP contribution >= 0.6 is 0 Å². The molecular formula is C11H17NO2. The molecule has 0 aliphatic rings. The minimum atomic E-state index is 0.293. The molecule has 14 heavy (non-hydrogen) atoms. The van der Waals surface area contributed by atoms with Crippen LogP contribution in [0.25, 0.3) is 0 Å². The average molecular weight is 195 g/mol. The van der Waals surface area contributed by atoms with Gasteiger partial charge in [-0.1, -0.05) is 12.1 Å². The average Bonchev–Trinajstić information content (AvgIpc) is 2.26. The van der Waals surface area contributed by atoms with Crippen LogP contribution in [0, 0.1) is 0 Å². The lowest BCUT2D eigenvalue weighted by Crippen LogP contribution is -2.12. The summed E-state index contributed by atoms with van der Waals surface area (Å²) in [6.45, 7) is 2.41. The first-order valence-corrected chi connectivity index (χ1v) is 4.67. The summed E-state index contributed by atoms with van der Waals surface area (Å²) in [6, 6.07) is 8.36. The van der Waals surface area contributed by atoms with Crippen molar-refractivity contribution in [3.05, 3.63) is 29.8 Å². The molecule has 1 atom stereocenters. The molecule has 78 valence electrons. The maximum atomic E-state index is 5.28. The van der Waals surface area contributed by atoms with Gasteiger partial charge in [-0.3, -0.25) is 0 Å². The third kappa shape index (κ3) is 3.01. The van der Waals surface area contributed by atoms with Crippen molar-refractivity contribution in [1.29, 1.82) is 0 Å². The molecule has 0 heterocycles. The third-order valence-electron chi connectivity index (χ3n) is 2.16. The van der Waals surface area contributed by atoms with Gasteiger partial charge in [0, 0.05) is 13.2 Å². The van der Waals surface area contributed by atoms with E-state index in [4.69, 9.17) is 9.47 Å². The molecule has 1 aromatic rings. The van der Waals surface area contributed by atoms with Gasteiger partial charge in [0.05, 0.1) is 0 Å². The Labute approximate surface area is 85.0 Å². The van der Waals surface area contributed by atoms with Crippen LogP contribution in [0.4, 0.5) is 0 Å². The number of rotatable bonds is 5. The number of benzene rings is 1. The highest BCUT2D eigenvalue weighted by atomic mass is 16.7. The first kappa shape index (κ1) is 11.0. The Morgan fingerprint density at radius 1 is 1.29 bits per heavy atom. The Morgan fingerprint density at radius 3 is 2.43 bits per heavy atom. The van der Waals surface area contributed by atoms with Gasteiger partial charge >= 0.3 is 0 Å². The van der Waals surface area contributed by atoms with Gasteiger partial charge in [0.2, 0.25) is 0 Å². The maximum Gasteiger partial charge on any atom is 0.188 e. The fourth-order valence-electron chi connectivity index (χ4n) is 1.15. The topological polar surface area (TPSA) is 30.5 Å². The van der Waals surface area contributed by atoms with Gasteiger partial charge in [0.1, 0.15) is 5.75 Å². The monoisotopic (exact) mass is 195 g/mol. The molecule has 1 unspecified atom stereocenters. The number of ether oxygens (including phenoxy) is 2. The van der Waals surface area contributed by atoms with Crippen molar-refractivity contribution < 1.29 is 9.47 Å². The zero-order valence-corrected chi connectivity index (χ0v) is 8.91. The Hall–Kier alpha value is -1.06. The standard InChI is InChI=1S/C11H17NO2/c1-9(12-2)10-4-6-11(7-5-10)14-8-13-3/h4-7,9,12H,8H2,1-3H3. The second kappa shape index (κ2) is 5.62. The van der Waals surface area contributed by atoms with Crippen LogP contribution < -0.4 is 10.1 Å². The number of nitrogens with one attached hydrogen (secondary N) is 1. The van der Waals surface area contributed by atoms with Gasteiger partial charge in [-0.2, -0.15) is 0 Å². The molecule has 0 spiro atoms. The van der Waals surface area contributed by atoms with Crippen molar-refractivity contribution in [3.63, 3.8) is 0 Å². The smallest absolute Gasteiger partial charge is 0.188 e. The molecule has 0 radical (unpaired) electrons. The molecule has 3 heteroatoms. The van der Waals surface area contributed by atoms with Crippen molar-refractivity contribution >= 4 is 0 Å². The Morgan fingerprint density at radius 2 is 1.93 bits per heavy atom. The van der Waals surface area contributed by atoms with E-state index in [1.54, 1.807) is 7.11 Å². The predicted molar refractivity (Wildman–Crippen MR) is 56.4 cm³/mol. The van der Waals surface area contributed by atoms with E-state index in [9.17, 15) is 0 Å². The Kier molecular flexibility index (Phi) is 4.43. The molecule has 0 aliphatic heterocycles. The summed E-state index contributed by atoms with van der Waals surface area (Å²) in [5.41, 5.74) is 1.25. The van der Waals surface area contributed by atoms with E-state index in [1.165, 1.54) is 5.56 Å². The molecular weight excluding hydrogens is 178 g/mol. The minimum Gasteiger partial charge on any atom is -0.468 e. The van der Waals surface area contributed by atoms with E-state index in [2.05, 4.69) is 12.2 Å². The fraction of sp³-hybridized carbons (Fsp3) is 0.455. The zero-order chi connectivity index (χ0) is 10.4. The van der Waals surface area contributed by atoms with E-state index in [-0.39, 0.29) is 0 Å². The summed E-state index contributed by atoms with van der Waals surface area (Å²) in [7, 11) is 3.55. The second-order valence-corrected chi connectivity index (χ2v) is 3.13. The molecule has 0 fully saturated rings. The van der Waals surface area contributed by atoms with Gasteiger partial charge in [-0.25, -0.2) is 0 Å². The van der Waals surface area contributed by atoms with Crippen LogP contribution in [0.5, 0.6) is 5.75 Å². The lowest BCUT2D eigenvalue weighted by atomic mass is 10.1. The molecule has 1 N–H and O–H groups in total. The highest BCUT2D eigenvalue weighted by Gasteiger charge is 2.01. The molecule has 3 nitrogen and oxygen atoms in total.